The third kappa shape index (κ3) is 7.25. The van der Waals surface area contributed by atoms with Crippen molar-refractivity contribution in [2.24, 2.45) is 0 Å². The van der Waals surface area contributed by atoms with E-state index in [1.54, 1.807) is 6.92 Å². The summed E-state index contributed by atoms with van der Waals surface area (Å²) in [5.74, 6) is -0.0523. The molecule has 1 aromatic rings. The molecule has 0 unspecified atom stereocenters. The minimum atomic E-state index is -0.385. The molecule has 21 heavy (non-hydrogen) atoms. The first-order valence-electron chi connectivity index (χ1n) is 7.64. The van der Waals surface area contributed by atoms with E-state index in [-0.39, 0.29) is 12.0 Å². The van der Waals surface area contributed by atoms with Crippen molar-refractivity contribution in [2.45, 2.75) is 45.9 Å². The first kappa shape index (κ1) is 17.7. The number of carbonyl (C=O) groups is 1. The van der Waals surface area contributed by atoms with E-state index in [1.807, 2.05) is 14.1 Å². The number of ether oxygens (including phenoxy) is 1. The van der Waals surface area contributed by atoms with Crippen LogP contribution in [0.2, 0.25) is 0 Å². The smallest absolute Gasteiger partial charge is 0.249 e. The average molecular weight is 292 g/mol. The van der Waals surface area contributed by atoms with E-state index in [4.69, 9.17) is 4.74 Å². The number of hydrogen-bond acceptors (Lipinski definition) is 3. The Morgan fingerprint density at radius 2 is 1.86 bits per heavy atom. The maximum Gasteiger partial charge on any atom is 0.249 e. The molecule has 0 bridgehead atoms. The fourth-order valence-electron chi connectivity index (χ4n) is 1.94. The molecule has 0 heterocycles. The van der Waals surface area contributed by atoms with Crippen LogP contribution in [0.5, 0.6) is 0 Å². The second-order valence-electron chi connectivity index (χ2n) is 5.64. The maximum absolute atomic E-state index is 11.9. The molecule has 1 amide bonds. The quantitative estimate of drug-likeness (QED) is 0.711. The highest BCUT2D eigenvalue weighted by molar-refractivity contribution is 5.80. The predicted molar refractivity (Wildman–Crippen MR) is 86.0 cm³/mol. The SMILES string of the molecule is CCCCO[C@H](C)C(=O)NCc1ccc(CN(C)C)cc1. The lowest BCUT2D eigenvalue weighted by molar-refractivity contribution is -0.131. The Hall–Kier alpha value is -1.39. The van der Waals surface area contributed by atoms with E-state index in [0.29, 0.717) is 13.2 Å². The minimum absolute atomic E-state index is 0.0523. The number of amides is 1. The number of rotatable bonds is 9. The van der Waals surface area contributed by atoms with Crippen molar-refractivity contribution in [1.82, 2.24) is 10.2 Å². The summed E-state index contributed by atoms with van der Waals surface area (Å²) < 4.78 is 5.48. The molecule has 0 spiro atoms. The molecule has 1 aromatic carbocycles. The fourth-order valence-corrected chi connectivity index (χ4v) is 1.94. The highest BCUT2D eigenvalue weighted by Gasteiger charge is 2.12. The Bertz CT molecular complexity index is 415. The molecular formula is C17H28N2O2. The van der Waals surface area contributed by atoms with E-state index in [2.05, 4.69) is 41.4 Å². The summed E-state index contributed by atoms with van der Waals surface area (Å²) in [5, 5.41) is 2.91. The lowest BCUT2D eigenvalue weighted by atomic mass is 10.1. The Labute approximate surface area is 128 Å². The van der Waals surface area contributed by atoms with Crippen LogP contribution >= 0.6 is 0 Å². The molecule has 0 radical (unpaired) electrons. The monoisotopic (exact) mass is 292 g/mol. The molecule has 4 heteroatoms. The summed E-state index contributed by atoms with van der Waals surface area (Å²) in [5.41, 5.74) is 2.37. The third-order valence-corrected chi connectivity index (χ3v) is 3.22. The normalized spacial score (nSPS) is 12.4. The van der Waals surface area contributed by atoms with Crippen LogP contribution in [0.25, 0.3) is 0 Å². The highest BCUT2D eigenvalue weighted by atomic mass is 16.5. The van der Waals surface area contributed by atoms with Gasteiger partial charge in [0.05, 0.1) is 0 Å². The van der Waals surface area contributed by atoms with E-state index in [1.165, 1.54) is 5.56 Å². The Morgan fingerprint density at radius 1 is 1.24 bits per heavy atom. The van der Waals surface area contributed by atoms with Gasteiger partial charge in [-0.3, -0.25) is 4.79 Å². The van der Waals surface area contributed by atoms with Crippen LogP contribution in [0.15, 0.2) is 24.3 Å². The second-order valence-corrected chi connectivity index (χ2v) is 5.64. The van der Waals surface area contributed by atoms with Crippen LogP contribution in [0.4, 0.5) is 0 Å². The molecule has 1 N–H and O–H groups in total. The van der Waals surface area contributed by atoms with Gasteiger partial charge >= 0.3 is 0 Å². The third-order valence-electron chi connectivity index (χ3n) is 3.22. The average Bonchev–Trinajstić information content (AvgIpc) is 2.45. The summed E-state index contributed by atoms with van der Waals surface area (Å²) in [6.45, 7) is 6.01. The topological polar surface area (TPSA) is 41.6 Å². The van der Waals surface area contributed by atoms with E-state index >= 15 is 0 Å². The molecule has 0 aromatic heterocycles. The van der Waals surface area contributed by atoms with E-state index in [0.717, 1.165) is 24.9 Å². The van der Waals surface area contributed by atoms with Gasteiger partial charge in [-0.1, -0.05) is 37.6 Å². The summed E-state index contributed by atoms with van der Waals surface area (Å²) in [4.78, 5) is 14.0. The van der Waals surface area contributed by atoms with Gasteiger partial charge in [0.25, 0.3) is 0 Å². The Balaban J connectivity index is 2.35. The minimum Gasteiger partial charge on any atom is -0.369 e. The lowest BCUT2D eigenvalue weighted by Crippen LogP contribution is -2.34. The zero-order chi connectivity index (χ0) is 15.7. The standard InChI is InChI=1S/C17H28N2O2/c1-5-6-11-21-14(2)17(20)18-12-15-7-9-16(10-8-15)13-19(3)4/h7-10,14H,5-6,11-13H2,1-4H3,(H,18,20)/t14-/m1/s1. The van der Waals surface area contributed by atoms with Gasteiger partial charge in [0, 0.05) is 19.7 Å². The van der Waals surface area contributed by atoms with Gasteiger partial charge in [-0.2, -0.15) is 0 Å². The van der Waals surface area contributed by atoms with Crippen molar-refractivity contribution in [3.8, 4) is 0 Å². The summed E-state index contributed by atoms with van der Waals surface area (Å²) >= 11 is 0. The summed E-state index contributed by atoms with van der Waals surface area (Å²) in [7, 11) is 4.10. The molecule has 0 saturated heterocycles. The van der Waals surface area contributed by atoms with Gasteiger partial charge in [0.2, 0.25) is 5.91 Å². The molecule has 118 valence electrons. The number of hydrogen-bond donors (Lipinski definition) is 1. The molecule has 1 rings (SSSR count). The van der Waals surface area contributed by atoms with Gasteiger partial charge in [-0.25, -0.2) is 0 Å². The molecule has 1 atom stereocenters. The summed E-state index contributed by atoms with van der Waals surface area (Å²) in [6, 6.07) is 8.31. The Morgan fingerprint density at radius 3 is 2.43 bits per heavy atom. The largest absolute Gasteiger partial charge is 0.369 e. The van der Waals surface area contributed by atoms with Crippen molar-refractivity contribution in [2.75, 3.05) is 20.7 Å². The predicted octanol–water partition coefficient (Wildman–Crippen LogP) is 2.57. The van der Waals surface area contributed by atoms with Crippen LogP contribution in [0.3, 0.4) is 0 Å². The number of unbranched alkanes of at least 4 members (excludes halogenated alkanes) is 1. The van der Waals surface area contributed by atoms with Crippen LogP contribution < -0.4 is 5.32 Å². The fraction of sp³-hybridized carbons (Fsp3) is 0.588. The number of benzene rings is 1. The van der Waals surface area contributed by atoms with Crippen molar-refractivity contribution in [1.29, 1.82) is 0 Å². The van der Waals surface area contributed by atoms with Gasteiger partial charge < -0.3 is 15.0 Å². The van der Waals surface area contributed by atoms with Crippen LogP contribution in [-0.2, 0) is 22.6 Å². The van der Waals surface area contributed by atoms with Crippen molar-refractivity contribution < 1.29 is 9.53 Å². The number of carbonyl (C=O) groups excluding carboxylic acids is 1. The zero-order valence-electron chi connectivity index (χ0n) is 13.7. The number of nitrogens with zero attached hydrogens (tertiary/aromatic N) is 1. The van der Waals surface area contributed by atoms with Crippen molar-refractivity contribution in [3.63, 3.8) is 0 Å². The first-order valence-corrected chi connectivity index (χ1v) is 7.64. The van der Waals surface area contributed by atoms with Crippen molar-refractivity contribution in [3.05, 3.63) is 35.4 Å². The lowest BCUT2D eigenvalue weighted by Gasteiger charge is -2.14. The number of nitrogens with one attached hydrogen (secondary N) is 1. The molecule has 4 nitrogen and oxygen atoms in total. The maximum atomic E-state index is 11.9. The first-order chi connectivity index (χ1) is 10.0. The van der Waals surface area contributed by atoms with Crippen LogP contribution in [-0.4, -0.2) is 37.6 Å². The van der Waals surface area contributed by atoms with Crippen LogP contribution in [0, 0.1) is 0 Å². The molecular weight excluding hydrogens is 264 g/mol. The molecule has 0 aliphatic carbocycles. The Kier molecular flexibility index (Phi) is 8.01. The highest BCUT2D eigenvalue weighted by Crippen LogP contribution is 2.06. The zero-order valence-corrected chi connectivity index (χ0v) is 13.7. The molecule has 0 aliphatic heterocycles. The molecule has 0 fully saturated rings. The van der Waals surface area contributed by atoms with Gasteiger partial charge in [0.15, 0.2) is 0 Å². The molecule has 0 saturated carbocycles. The second kappa shape index (κ2) is 9.53. The van der Waals surface area contributed by atoms with Crippen LogP contribution in [0.1, 0.15) is 37.8 Å². The van der Waals surface area contributed by atoms with Gasteiger partial charge in [0.1, 0.15) is 6.10 Å². The van der Waals surface area contributed by atoms with E-state index in [9.17, 15) is 4.79 Å². The van der Waals surface area contributed by atoms with E-state index < -0.39 is 0 Å². The van der Waals surface area contributed by atoms with Gasteiger partial charge in [-0.15, -0.1) is 0 Å². The summed E-state index contributed by atoms with van der Waals surface area (Å²) in [6.07, 6.45) is 1.68. The molecule has 0 aliphatic rings. The van der Waals surface area contributed by atoms with Gasteiger partial charge in [-0.05, 0) is 38.6 Å². The van der Waals surface area contributed by atoms with Crippen molar-refractivity contribution >= 4 is 5.91 Å².